The number of hydrogen-bond donors (Lipinski definition) is 2. The number of aromatic nitrogens is 1. The predicted octanol–water partition coefficient (Wildman–Crippen LogP) is 2.64. The van der Waals surface area contributed by atoms with E-state index in [2.05, 4.69) is 39.5 Å². The zero-order valence-electron chi connectivity index (χ0n) is 15.1. The zero-order chi connectivity index (χ0) is 19.2. The molecule has 0 atom stereocenters. The van der Waals surface area contributed by atoms with E-state index < -0.39 is 20.6 Å². The van der Waals surface area contributed by atoms with Crippen LogP contribution in [-0.4, -0.2) is 37.9 Å². The molecule has 0 aliphatic heterocycles. The minimum atomic E-state index is -2.51. The number of hydrogen-bond acceptors (Lipinski definition) is 3. The van der Waals surface area contributed by atoms with Gasteiger partial charge in [0, 0.05) is 0 Å². The van der Waals surface area contributed by atoms with Crippen molar-refractivity contribution in [3.05, 3.63) is 96.7 Å². The third kappa shape index (κ3) is 4.26. The molecule has 0 fully saturated rings. The number of benzene rings is 3. The molecule has 0 aliphatic carbocycles. The molecule has 0 bridgehead atoms. The molecule has 0 saturated heterocycles. The molecule has 4 rings (SSSR count). The van der Waals surface area contributed by atoms with Crippen molar-refractivity contribution in [3.63, 3.8) is 0 Å². The molecule has 28 heavy (non-hydrogen) atoms. The molecule has 0 saturated carbocycles. The Kier molecular flexibility index (Phi) is 5.74. The van der Waals surface area contributed by atoms with Crippen molar-refractivity contribution in [2.24, 2.45) is 15.9 Å². The minimum absolute atomic E-state index is 0.0896. The van der Waals surface area contributed by atoms with E-state index in [1.54, 1.807) is 6.21 Å². The Bertz CT molecular complexity index is 1070. The maximum absolute atomic E-state index is 6.12. The summed E-state index contributed by atoms with van der Waals surface area (Å²) >= 11 is -2.51. The van der Waals surface area contributed by atoms with Gasteiger partial charge in [-0.05, 0) is 0 Å². The van der Waals surface area contributed by atoms with Gasteiger partial charge in [-0.1, -0.05) is 0 Å². The zero-order valence-corrected chi connectivity index (χ0v) is 17.6. The second-order valence-electron chi connectivity index (χ2n) is 6.03. The van der Waals surface area contributed by atoms with Gasteiger partial charge < -0.3 is 0 Å². The van der Waals surface area contributed by atoms with Gasteiger partial charge in [0.1, 0.15) is 0 Å². The van der Waals surface area contributed by atoms with Crippen LogP contribution < -0.4 is 12.8 Å². The Morgan fingerprint density at radius 2 is 1.46 bits per heavy atom. The number of rotatable bonds is 5. The summed E-state index contributed by atoms with van der Waals surface area (Å²) in [5.41, 5.74) is 8.06. The van der Waals surface area contributed by atoms with Gasteiger partial charge in [-0.25, -0.2) is 0 Å². The summed E-state index contributed by atoms with van der Waals surface area (Å²) in [5.74, 6) is 0. The van der Waals surface area contributed by atoms with Gasteiger partial charge in [0.2, 0.25) is 0 Å². The van der Waals surface area contributed by atoms with Crippen LogP contribution in [-0.2, 0) is 3.02 Å². The van der Waals surface area contributed by atoms with Crippen LogP contribution in [0.1, 0.15) is 5.56 Å². The van der Waals surface area contributed by atoms with Gasteiger partial charge in [-0.15, -0.1) is 0 Å². The fourth-order valence-electron chi connectivity index (χ4n) is 2.84. The summed E-state index contributed by atoms with van der Waals surface area (Å²) in [4.78, 5) is 3.21. The van der Waals surface area contributed by atoms with Crippen molar-refractivity contribution in [1.29, 1.82) is 0 Å². The summed E-state index contributed by atoms with van der Waals surface area (Å²) in [7, 11) is 0. The van der Waals surface area contributed by atoms with Gasteiger partial charge in [0.15, 0.2) is 0 Å². The molecule has 138 valence electrons. The number of para-hydroxylation sites is 1. The number of H-pyrrole nitrogens is 1. The van der Waals surface area contributed by atoms with Crippen molar-refractivity contribution in [2.75, 3.05) is 0 Å². The van der Waals surface area contributed by atoms with Crippen LogP contribution in [0, 0.1) is 0 Å². The van der Waals surface area contributed by atoms with Crippen LogP contribution in [0.4, 0.5) is 0 Å². The van der Waals surface area contributed by atoms with Gasteiger partial charge in [-0.2, -0.15) is 0 Å². The first-order valence-electron chi connectivity index (χ1n) is 8.82. The van der Waals surface area contributed by atoms with Gasteiger partial charge in [0.25, 0.3) is 0 Å². The fourth-order valence-corrected chi connectivity index (χ4v) is 7.46. The van der Waals surface area contributed by atoms with E-state index >= 15 is 0 Å². The van der Waals surface area contributed by atoms with E-state index in [0.29, 0.717) is 0 Å². The SMILES string of the molecule is N/C(=N\N=C\c1c[nH]c2ccccc12)[O][Sb]([c]1ccccc1)[c]1ccccc1. The molecule has 0 radical (unpaired) electrons. The van der Waals surface area contributed by atoms with Crippen molar-refractivity contribution in [1.82, 2.24) is 4.98 Å². The Morgan fingerprint density at radius 1 is 0.857 bits per heavy atom. The van der Waals surface area contributed by atoms with E-state index in [4.69, 9.17) is 8.75 Å². The number of aromatic amines is 1. The van der Waals surface area contributed by atoms with E-state index in [0.717, 1.165) is 16.5 Å². The van der Waals surface area contributed by atoms with Crippen molar-refractivity contribution in [3.8, 4) is 0 Å². The molecule has 0 spiro atoms. The van der Waals surface area contributed by atoms with Gasteiger partial charge in [-0.3, -0.25) is 0 Å². The molecule has 4 aromatic rings. The average Bonchev–Trinajstić information content (AvgIpc) is 3.16. The number of amidine groups is 1. The van der Waals surface area contributed by atoms with Crippen LogP contribution in [0.2, 0.25) is 0 Å². The molecule has 0 aliphatic rings. The summed E-state index contributed by atoms with van der Waals surface area (Å²) in [5, 5.41) is 9.28. The molecular weight excluding hydrogens is 458 g/mol. The molecule has 0 unspecified atom stereocenters. The normalized spacial score (nSPS) is 12.1. The Labute approximate surface area is 171 Å². The topological polar surface area (TPSA) is 75.8 Å². The maximum atomic E-state index is 6.12. The molecule has 1 aromatic heterocycles. The number of nitrogens with two attached hydrogens (primary N) is 1. The quantitative estimate of drug-likeness (QED) is 0.201. The Hall–Kier alpha value is -3.04. The summed E-state index contributed by atoms with van der Waals surface area (Å²) < 4.78 is 8.47. The summed E-state index contributed by atoms with van der Waals surface area (Å²) in [6.45, 7) is 0. The second kappa shape index (κ2) is 8.76. The predicted molar refractivity (Wildman–Crippen MR) is 117 cm³/mol. The molecular formula is C22H19N4OSb. The summed E-state index contributed by atoms with van der Waals surface area (Å²) in [6.07, 6.45) is 3.58. The van der Waals surface area contributed by atoms with Gasteiger partial charge >= 0.3 is 171 Å². The summed E-state index contributed by atoms with van der Waals surface area (Å²) in [6, 6.07) is 28.5. The second-order valence-corrected chi connectivity index (χ2v) is 11.2. The van der Waals surface area contributed by atoms with Crippen LogP contribution >= 0.6 is 0 Å². The van der Waals surface area contributed by atoms with Crippen molar-refractivity contribution in [2.45, 2.75) is 0 Å². The average molecular weight is 477 g/mol. The van der Waals surface area contributed by atoms with Crippen LogP contribution in [0.5, 0.6) is 0 Å². The molecule has 3 N–H and O–H groups in total. The first kappa shape index (κ1) is 18.3. The molecule has 5 nitrogen and oxygen atoms in total. The number of nitrogens with one attached hydrogen (secondary N) is 1. The molecule has 3 aromatic carbocycles. The van der Waals surface area contributed by atoms with Crippen molar-refractivity contribution >= 4 is 50.8 Å². The Balaban J connectivity index is 1.55. The molecule has 1 heterocycles. The first-order chi connectivity index (χ1) is 13.8. The number of nitrogens with zero attached hydrogens (tertiary/aromatic N) is 2. The Morgan fingerprint density at radius 3 is 2.14 bits per heavy atom. The van der Waals surface area contributed by atoms with Crippen molar-refractivity contribution < 1.29 is 3.02 Å². The van der Waals surface area contributed by atoms with Crippen LogP contribution in [0.15, 0.2) is 101 Å². The van der Waals surface area contributed by atoms with Gasteiger partial charge in [0.05, 0.1) is 0 Å². The monoisotopic (exact) mass is 476 g/mol. The first-order valence-corrected chi connectivity index (χ1v) is 12.4. The molecule has 0 amide bonds. The van der Waals surface area contributed by atoms with E-state index in [1.165, 1.54) is 7.02 Å². The fraction of sp³-hybridized carbons (Fsp3) is 0. The number of fused-ring (bicyclic) bond motifs is 1. The third-order valence-corrected chi connectivity index (χ3v) is 9.57. The standard InChI is InChI=1S/C10H10N4O.2C6H5.Sb/c11-10(15)14-13-6-7-5-12-9-4-2-1-3-8(7)9;2*1-2-4-6-5-3-1;/h1-6,12H,(H3,11,14,15);2*1-5H;/q;;;+1/p-1/b13-6+;;;. The van der Waals surface area contributed by atoms with Crippen LogP contribution in [0.3, 0.4) is 0 Å². The molecule has 6 heteroatoms. The van der Waals surface area contributed by atoms with E-state index in [9.17, 15) is 0 Å². The third-order valence-electron chi connectivity index (χ3n) is 4.14. The van der Waals surface area contributed by atoms with E-state index in [-0.39, 0.29) is 6.02 Å². The van der Waals surface area contributed by atoms with E-state index in [1.807, 2.05) is 66.9 Å². The van der Waals surface area contributed by atoms with Crippen LogP contribution in [0.25, 0.3) is 10.9 Å².